The minimum atomic E-state index is -0.900. The molecule has 0 aliphatic heterocycles. The second-order valence-corrected chi connectivity index (χ2v) is 4.79. The first-order valence-electron chi connectivity index (χ1n) is 6.84. The van der Waals surface area contributed by atoms with Crippen LogP contribution in [0.15, 0.2) is 30.0 Å². The maximum atomic E-state index is 14.1. The number of rotatable bonds is 6. The van der Waals surface area contributed by atoms with Gasteiger partial charge in [0.25, 0.3) is 0 Å². The third-order valence-electron chi connectivity index (χ3n) is 2.57. The molecule has 1 aromatic rings. The van der Waals surface area contributed by atoms with Crippen LogP contribution in [0.4, 0.5) is 4.39 Å². The molecule has 0 aliphatic rings. The van der Waals surface area contributed by atoms with Crippen LogP contribution in [0.2, 0.25) is 0 Å². The zero-order chi connectivity index (χ0) is 17.6. The lowest BCUT2D eigenvalue weighted by Gasteiger charge is -2.11. The number of carbonyl (C=O) groups excluding carboxylic acids is 3. The molecule has 124 valence electrons. The van der Waals surface area contributed by atoms with Crippen molar-refractivity contribution in [2.45, 2.75) is 13.8 Å². The van der Waals surface area contributed by atoms with Crippen LogP contribution in [0.25, 0.3) is 0 Å². The normalized spacial score (nSPS) is 10.9. The van der Waals surface area contributed by atoms with E-state index in [-0.39, 0.29) is 23.5 Å². The maximum Gasteiger partial charge on any atom is 0.343 e. The number of Topliss-reactive ketones (excluding diaryl/α,β-unsaturated/α-hetero) is 1. The van der Waals surface area contributed by atoms with Crippen LogP contribution in [0.3, 0.4) is 0 Å². The number of halogens is 1. The molecular weight excluding hydrogens is 305 g/mol. The summed E-state index contributed by atoms with van der Waals surface area (Å²) in [6.07, 6.45) is 1.26. The smallest absolute Gasteiger partial charge is 0.343 e. The van der Waals surface area contributed by atoms with Gasteiger partial charge in [-0.2, -0.15) is 0 Å². The Morgan fingerprint density at radius 3 is 2.39 bits per heavy atom. The van der Waals surface area contributed by atoms with E-state index < -0.39 is 23.5 Å². The van der Waals surface area contributed by atoms with Crippen LogP contribution in [0, 0.1) is 5.82 Å². The molecule has 0 saturated heterocycles. The van der Waals surface area contributed by atoms with Crippen molar-refractivity contribution in [2.75, 3.05) is 20.7 Å². The van der Waals surface area contributed by atoms with Crippen molar-refractivity contribution < 1.29 is 28.2 Å². The van der Waals surface area contributed by atoms with Gasteiger partial charge in [-0.1, -0.05) is 0 Å². The van der Waals surface area contributed by atoms with Crippen molar-refractivity contribution in [1.29, 1.82) is 0 Å². The topological polar surface area (TPSA) is 72.9 Å². The minimum Gasteiger partial charge on any atom is -0.462 e. The minimum absolute atomic E-state index is 0.0270. The Hall–Kier alpha value is -2.70. The second kappa shape index (κ2) is 8.07. The van der Waals surface area contributed by atoms with E-state index in [0.29, 0.717) is 0 Å². The lowest BCUT2D eigenvalue weighted by molar-refractivity contribution is -0.138. The molecule has 0 aliphatic carbocycles. The highest BCUT2D eigenvalue weighted by Crippen LogP contribution is 2.20. The van der Waals surface area contributed by atoms with Gasteiger partial charge in [-0.05, 0) is 19.1 Å². The fraction of sp³-hybridized carbons (Fsp3) is 0.312. The van der Waals surface area contributed by atoms with E-state index in [0.717, 1.165) is 12.1 Å². The summed E-state index contributed by atoms with van der Waals surface area (Å²) >= 11 is 0. The highest BCUT2D eigenvalue weighted by molar-refractivity contribution is 6.24. The summed E-state index contributed by atoms with van der Waals surface area (Å²) in [5, 5.41) is 0. The van der Waals surface area contributed by atoms with Crippen molar-refractivity contribution in [3.05, 3.63) is 41.4 Å². The molecule has 1 aromatic carbocycles. The summed E-state index contributed by atoms with van der Waals surface area (Å²) in [4.78, 5) is 36.6. The first-order valence-corrected chi connectivity index (χ1v) is 6.84. The van der Waals surface area contributed by atoms with Gasteiger partial charge in [-0.25, -0.2) is 9.18 Å². The number of esters is 2. The van der Waals surface area contributed by atoms with Crippen molar-refractivity contribution in [2.24, 2.45) is 0 Å². The molecule has 0 radical (unpaired) electrons. The van der Waals surface area contributed by atoms with Crippen LogP contribution < -0.4 is 4.74 Å². The van der Waals surface area contributed by atoms with Crippen molar-refractivity contribution >= 4 is 17.7 Å². The lowest BCUT2D eigenvalue weighted by atomic mass is 10.0. The number of hydrogen-bond donors (Lipinski definition) is 0. The molecule has 0 bridgehead atoms. The molecule has 0 unspecified atom stereocenters. The molecule has 7 heteroatoms. The van der Waals surface area contributed by atoms with Gasteiger partial charge in [0.05, 0.1) is 12.2 Å². The van der Waals surface area contributed by atoms with Gasteiger partial charge >= 0.3 is 11.9 Å². The Morgan fingerprint density at radius 2 is 1.91 bits per heavy atom. The van der Waals surface area contributed by atoms with E-state index in [1.54, 1.807) is 21.0 Å². The molecule has 23 heavy (non-hydrogen) atoms. The predicted molar refractivity (Wildman–Crippen MR) is 80.4 cm³/mol. The monoisotopic (exact) mass is 323 g/mol. The average Bonchev–Trinajstić information content (AvgIpc) is 2.43. The fourth-order valence-corrected chi connectivity index (χ4v) is 1.73. The summed E-state index contributed by atoms with van der Waals surface area (Å²) < 4.78 is 23.6. The second-order valence-electron chi connectivity index (χ2n) is 4.79. The lowest BCUT2D eigenvalue weighted by Crippen LogP contribution is -2.20. The molecule has 0 spiro atoms. The van der Waals surface area contributed by atoms with E-state index >= 15 is 0 Å². The first kappa shape index (κ1) is 18.3. The molecule has 0 fully saturated rings. The standard InChI is InChI=1S/C16H18FNO5/c1-5-22-16(21)13(9-18(3)4)15(20)12-7-6-11(8-14(12)17)23-10(2)19/h6-9H,5H2,1-4H3/b13-9-. The quantitative estimate of drug-likeness (QED) is 0.199. The van der Waals surface area contributed by atoms with Crippen molar-refractivity contribution in [3.8, 4) is 5.75 Å². The van der Waals surface area contributed by atoms with E-state index in [1.807, 2.05) is 0 Å². The largest absolute Gasteiger partial charge is 0.462 e. The van der Waals surface area contributed by atoms with Crippen LogP contribution in [-0.4, -0.2) is 43.3 Å². The SMILES string of the molecule is CCOC(=O)/C(=C\N(C)C)C(=O)c1ccc(OC(C)=O)cc1F. The number of nitrogens with zero attached hydrogens (tertiary/aromatic N) is 1. The number of benzene rings is 1. The molecule has 1 rings (SSSR count). The molecule has 0 atom stereocenters. The van der Waals surface area contributed by atoms with Gasteiger partial charge in [0.15, 0.2) is 0 Å². The fourth-order valence-electron chi connectivity index (χ4n) is 1.73. The summed E-state index contributed by atoms with van der Waals surface area (Å²) in [5.74, 6) is -3.19. The third-order valence-corrected chi connectivity index (χ3v) is 2.57. The Bertz CT molecular complexity index is 652. The Morgan fingerprint density at radius 1 is 1.26 bits per heavy atom. The van der Waals surface area contributed by atoms with E-state index in [1.165, 1.54) is 24.1 Å². The Kier molecular flexibility index (Phi) is 6.44. The third kappa shape index (κ3) is 5.21. The zero-order valence-corrected chi connectivity index (χ0v) is 13.4. The molecular formula is C16H18FNO5. The van der Waals surface area contributed by atoms with Crippen LogP contribution in [0.5, 0.6) is 5.75 Å². The van der Waals surface area contributed by atoms with Gasteiger partial charge in [-0.15, -0.1) is 0 Å². The summed E-state index contributed by atoms with van der Waals surface area (Å²) in [5.41, 5.74) is -0.613. The summed E-state index contributed by atoms with van der Waals surface area (Å²) in [6.45, 7) is 2.87. The van der Waals surface area contributed by atoms with Gasteiger partial charge < -0.3 is 14.4 Å². The van der Waals surface area contributed by atoms with E-state index in [2.05, 4.69) is 0 Å². The molecule has 0 saturated carbocycles. The molecule has 0 amide bonds. The van der Waals surface area contributed by atoms with Crippen molar-refractivity contribution in [3.63, 3.8) is 0 Å². The number of carbonyl (C=O) groups is 3. The van der Waals surface area contributed by atoms with Crippen molar-refractivity contribution in [1.82, 2.24) is 4.90 Å². The van der Waals surface area contributed by atoms with Gasteiger partial charge in [0, 0.05) is 33.3 Å². The highest BCUT2D eigenvalue weighted by Gasteiger charge is 2.24. The summed E-state index contributed by atoms with van der Waals surface area (Å²) in [6, 6.07) is 3.34. The number of hydrogen-bond acceptors (Lipinski definition) is 6. The van der Waals surface area contributed by atoms with Gasteiger partial charge in [0.1, 0.15) is 17.1 Å². The Labute approximate surface area is 133 Å². The highest BCUT2D eigenvalue weighted by atomic mass is 19.1. The van der Waals surface area contributed by atoms with Gasteiger partial charge in [-0.3, -0.25) is 9.59 Å². The zero-order valence-electron chi connectivity index (χ0n) is 13.4. The summed E-state index contributed by atoms with van der Waals surface area (Å²) in [7, 11) is 3.24. The Balaban J connectivity index is 3.18. The number of ketones is 1. The number of ether oxygens (including phenoxy) is 2. The van der Waals surface area contributed by atoms with Crippen LogP contribution in [-0.2, 0) is 14.3 Å². The average molecular weight is 323 g/mol. The molecule has 0 heterocycles. The molecule has 0 aromatic heterocycles. The van der Waals surface area contributed by atoms with Gasteiger partial charge in [0.2, 0.25) is 5.78 Å². The predicted octanol–water partition coefficient (Wildman–Crippen LogP) is 1.94. The van der Waals surface area contributed by atoms with E-state index in [4.69, 9.17) is 9.47 Å². The first-order chi connectivity index (χ1) is 10.8. The molecule has 0 N–H and O–H groups in total. The van der Waals surface area contributed by atoms with E-state index in [9.17, 15) is 18.8 Å². The van der Waals surface area contributed by atoms with Crippen LogP contribution >= 0.6 is 0 Å². The maximum absolute atomic E-state index is 14.1. The molecule has 6 nitrogen and oxygen atoms in total. The van der Waals surface area contributed by atoms with Crippen LogP contribution in [0.1, 0.15) is 24.2 Å².